The minimum absolute atomic E-state index is 0.519. The number of benzene rings is 2. The van der Waals surface area contributed by atoms with E-state index < -0.39 is 10.8 Å². The third-order valence-electron chi connectivity index (χ3n) is 2.75. The van der Waals surface area contributed by atoms with Crippen molar-refractivity contribution in [3.8, 4) is 5.75 Å². The molecule has 2 aromatic carbocycles. The fourth-order valence-electron chi connectivity index (χ4n) is 1.66. The molecule has 0 aliphatic rings. The van der Waals surface area contributed by atoms with Crippen LogP contribution in [0.25, 0.3) is 6.08 Å². The van der Waals surface area contributed by atoms with E-state index in [0.717, 1.165) is 16.9 Å². The van der Waals surface area contributed by atoms with E-state index in [9.17, 15) is 4.21 Å². The molecule has 0 aliphatic heterocycles. The van der Waals surface area contributed by atoms with Crippen LogP contribution in [-0.4, -0.2) is 11.3 Å². The van der Waals surface area contributed by atoms with Crippen LogP contribution in [-0.2, 0) is 16.6 Å². The molecule has 0 aliphatic carbocycles. The number of rotatable bonds is 5. The molecule has 0 saturated heterocycles. The van der Waals surface area contributed by atoms with Gasteiger partial charge in [-0.05, 0) is 64.1 Å². The summed E-state index contributed by atoms with van der Waals surface area (Å²) in [6.07, 6.45) is 1.90. The highest BCUT2D eigenvalue weighted by atomic mass is 127. The van der Waals surface area contributed by atoms with E-state index in [1.54, 1.807) is 12.5 Å². The molecule has 0 heterocycles. The minimum Gasteiger partial charge on any atom is -0.497 e. The maximum absolute atomic E-state index is 12.0. The van der Waals surface area contributed by atoms with Gasteiger partial charge in [-0.2, -0.15) is 0 Å². The van der Waals surface area contributed by atoms with Crippen LogP contribution >= 0.6 is 22.6 Å². The second-order valence-electron chi connectivity index (χ2n) is 4.23. The quantitative estimate of drug-likeness (QED) is 0.706. The van der Waals surface area contributed by atoms with Gasteiger partial charge >= 0.3 is 0 Å². The molecule has 0 aromatic heterocycles. The van der Waals surface area contributed by atoms with E-state index >= 15 is 0 Å². The Hall–Kier alpha value is -1.14. The van der Waals surface area contributed by atoms with Crippen molar-refractivity contribution >= 4 is 39.5 Å². The molecule has 0 fully saturated rings. The van der Waals surface area contributed by atoms with E-state index in [2.05, 4.69) is 22.6 Å². The Labute approximate surface area is 135 Å². The topological polar surface area (TPSA) is 26.3 Å². The van der Waals surface area contributed by atoms with Crippen LogP contribution in [0.4, 0.5) is 0 Å². The molecule has 1 atom stereocenters. The molecule has 20 heavy (non-hydrogen) atoms. The standard InChI is InChI=1S/C16H15IO2S/c1-19-16-8-4-14(5-9-16)12-20(18)11-10-13-2-6-15(17)7-3-13/h2-11H,12H2,1H3. The van der Waals surface area contributed by atoms with Gasteiger partial charge in [0.2, 0.25) is 0 Å². The number of hydrogen-bond acceptors (Lipinski definition) is 2. The van der Waals surface area contributed by atoms with Gasteiger partial charge in [-0.1, -0.05) is 24.3 Å². The summed E-state index contributed by atoms with van der Waals surface area (Å²) in [4.78, 5) is 0. The highest BCUT2D eigenvalue weighted by Crippen LogP contribution is 2.14. The second kappa shape index (κ2) is 7.59. The first-order chi connectivity index (χ1) is 9.67. The highest BCUT2D eigenvalue weighted by molar-refractivity contribution is 14.1. The zero-order valence-electron chi connectivity index (χ0n) is 11.1. The van der Waals surface area contributed by atoms with E-state index in [4.69, 9.17) is 4.74 Å². The maximum atomic E-state index is 12.0. The Balaban J connectivity index is 1.96. The van der Waals surface area contributed by atoms with Crippen LogP contribution in [0, 0.1) is 3.57 Å². The lowest BCUT2D eigenvalue weighted by Crippen LogP contribution is -1.92. The van der Waals surface area contributed by atoms with E-state index in [1.165, 1.54) is 3.57 Å². The molecule has 0 amide bonds. The van der Waals surface area contributed by atoms with Crippen LogP contribution in [0.15, 0.2) is 53.9 Å². The molecule has 0 N–H and O–H groups in total. The predicted molar refractivity (Wildman–Crippen MR) is 93.0 cm³/mol. The second-order valence-corrected chi connectivity index (χ2v) is 6.80. The van der Waals surface area contributed by atoms with Gasteiger partial charge in [0.05, 0.1) is 23.7 Å². The smallest absolute Gasteiger partial charge is 0.118 e. The summed E-state index contributed by atoms with van der Waals surface area (Å²) >= 11 is 2.26. The zero-order valence-corrected chi connectivity index (χ0v) is 14.1. The van der Waals surface area contributed by atoms with Gasteiger partial charge in [-0.3, -0.25) is 4.21 Å². The molecule has 2 rings (SSSR count). The maximum Gasteiger partial charge on any atom is 0.118 e. The molecule has 0 radical (unpaired) electrons. The molecule has 0 bridgehead atoms. The van der Waals surface area contributed by atoms with Crippen molar-refractivity contribution < 1.29 is 8.95 Å². The van der Waals surface area contributed by atoms with Gasteiger partial charge < -0.3 is 4.74 Å². The van der Waals surface area contributed by atoms with Gasteiger partial charge in [-0.15, -0.1) is 0 Å². The first-order valence-corrected chi connectivity index (χ1v) is 8.57. The molecular formula is C16H15IO2S. The summed E-state index contributed by atoms with van der Waals surface area (Å²) in [5, 5.41) is 1.74. The Morgan fingerprint density at radius 3 is 2.35 bits per heavy atom. The minimum atomic E-state index is -1.01. The van der Waals surface area contributed by atoms with Crippen molar-refractivity contribution in [3.63, 3.8) is 0 Å². The first-order valence-electron chi connectivity index (χ1n) is 6.11. The highest BCUT2D eigenvalue weighted by Gasteiger charge is 1.99. The fourth-order valence-corrected chi connectivity index (χ4v) is 2.95. The van der Waals surface area contributed by atoms with Gasteiger partial charge in [0, 0.05) is 8.98 Å². The Kier molecular flexibility index (Phi) is 5.79. The van der Waals surface area contributed by atoms with Gasteiger partial charge in [-0.25, -0.2) is 0 Å². The van der Waals surface area contributed by atoms with E-state index in [1.807, 2.05) is 54.6 Å². The summed E-state index contributed by atoms with van der Waals surface area (Å²) in [6.45, 7) is 0. The Morgan fingerprint density at radius 1 is 1.10 bits per heavy atom. The van der Waals surface area contributed by atoms with Crippen molar-refractivity contribution in [2.24, 2.45) is 0 Å². The Bertz CT molecular complexity index is 603. The number of methoxy groups -OCH3 is 1. The summed E-state index contributed by atoms with van der Waals surface area (Å²) in [5.41, 5.74) is 2.10. The normalized spacial score (nSPS) is 12.5. The van der Waals surface area contributed by atoms with E-state index in [-0.39, 0.29) is 0 Å². The number of ether oxygens (including phenoxy) is 1. The van der Waals surface area contributed by atoms with Crippen molar-refractivity contribution in [2.75, 3.05) is 7.11 Å². The van der Waals surface area contributed by atoms with Gasteiger partial charge in [0.25, 0.3) is 0 Å². The molecule has 0 saturated carbocycles. The summed E-state index contributed by atoms with van der Waals surface area (Å²) in [7, 11) is 0.627. The van der Waals surface area contributed by atoms with Crippen LogP contribution in [0.3, 0.4) is 0 Å². The molecule has 2 aromatic rings. The summed E-state index contributed by atoms with van der Waals surface area (Å²) < 4.78 is 18.3. The van der Waals surface area contributed by atoms with Crippen molar-refractivity contribution in [2.45, 2.75) is 5.75 Å². The lowest BCUT2D eigenvalue weighted by molar-refractivity contribution is 0.414. The third kappa shape index (κ3) is 4.76. The summed E-state index contributed by atoms with van der Waals surface area (Å²) in [5.74, 6) is 1.33. The first kappa shape index (κ1) is 15.3. The largest absolute Gasteiger partial charge is 0.497 e. The molecule has 104 valence electrons. The van der Waals surface area contributed by atoms with Crippen molar-refractivity contribution in [3.05, 3.63) is 68.6 Å². The van der Waals surface area contributed by atoms with Gasteiger partial charge in [0.1, 0.15) is 5.75 Å². The zero-order chi connectivity index (χ0) is 14.4. The van der Waals surface area contributed by atoms with Crippen LogP contribution in [0.2, 0.25) is 0 Å². The molecule has 2 nitrogen and oxygen atoms in total. The van der Waals surface area contributed by atoms with E-state index in [0.29, 0.717) is 5.75 Å². The van der Waals surface area contributed by atoms with Crippen molar-refractivity contribution in [1.29, 1.82) is 0 Å². The molecule has 1 unspecified atom stereocenters. The average molecular weight is 398 g/mol. The average Bonchev–Trinajstić information content (AvgIpc) is 2.47. The fraction of sp³-hybridized carbons (Fsp3) is 0.125. The molecule has 0 spiro atoms. The predicted octanol–water partition coefficient (Wildman–Crippen LogP) is 4.22. The number of hydrogen-bond donors (Lipinski definition) is 0. The molecular weight excluding hydrogens is 383 g/mol. The summed E-state index contributed by atoms with van der Waals surface area (Å²) in [6, 6.07) is 15.8. The van der Waals surface area contributed by atoms with Gasteiger partial charge in [0.15, 0.2) is 0 Å². The van der Waals surface area contributed by atoms with Crippen LogP contribution in [0.5, 0.6) is 5.75 Å². The molecule has 4 heteroatoms. The lowest BCUT2D eigenvalue weighted by Gasteiger charge is -2.01. The number of halogens is 1. The van der Waals surface area contributed by atoms with Crippen LogP contribution < -0.4 is 4.74 Å². The van der Waals surface area contributed by atoms with Crippen molar-refractivity contribution in [1.82, 2.24) is 0 Å². The lowest BCUT2D eigenvalue weighted by atomic mass is 10.2. The monoisotopic (exact) mass is 398 g/mol. The Morgan fingerprint density at radius 2 is 1.75 bits per heavy atom. The third-order valence-corrected chi connectivity index (χ3v) is 4.53. The SMILES string of the molecule is COc1ccc(CS(=O)C=Cc2ccc(I)cc2)cc1. The van der Waals surface area contributed by atoms with Crippen LogP contribution in [0.1, 0.15) is 11.1 Å².